The maximum atomic E-state index is 14.0. The van der Waals surface area contributed by atoms with Crippen LogP contribution in [-0.4, -0.2) is 63.5 Å². The van der Waals surface area contributed by atoms with Crippen molar-refractivity contribution in [3.8, 4) is 5.75 Å². The molecule has 4 aromatic rings. The Bertz CT molecular complexity index is 1680. The molecule has 2 heterocycles. The van der Waals surface area contributed by atoms with Gasteiger partial charge in [-0.05, 0) is 61.4 Å². The molecule has 0 spiro atoms. The normalized spacial score (nSPS) is 23.8. The lowest BCUT2D eigenvalue weighted by Crippen LogP contribution is -2.59. The summed E-state index contributed by atoms with van der Waals surface area (Å²) < 4.78 is 65.2. The van der Waals surface area contributed by atoms with Gasteiger partial charge in [0.05, 0.1) is 23.1 Å². The standard InChI is InChI=1S/C28H28ClF3N4O3S/c1-33-40(38,20-11-9-19(10-12-20)39-28(30,31)32)34-23-15-35(18-7-8-18)16-26(27(23)37)36-24-5-3-2-4-21(24)22-14-17(29)6-13-25(22)36/h2-6,9-14,18,23,26-27,37H,7-8,15-16H2,1H3,(H,33,34,38). The molecule has 7 nitrogen and oxygen atoms in total. The van der Waals surface area contributed by atoms with E-state index in [0.717, 1.165) is 46.8 Å². The van der Waals surface area contributed by atoms with Gasteiger partial charge in [0.25, 0.3) is 0 Å². The van der Waals surface area contributed by atoms with Crippen LogP contribution in [0.2, 0.25) is 5.02 Å². The number of piperidine rings is 1. The minimum Gasteiger partial charge on any atom is -0.406 e. The van der Waals surface area contributed by atoms with E-state index < -0.39 is 34.2 Å². The third-order valence-corrected chi connectivity index (χ3v) is 9.95. The van der Waals surface area contributed by atoms with Crippen molar-refractivity contribution in [1.82, 2.24) is 14.2 Å². The number of nitrogens with zero attached hydrogens (tertiary/aromatic N) is 3. The van der Waals surface area contributed by atoms with Crippen LogP contribution in [0.4, 0.5) is 13.2 Å². The fraction of sp³-hybridized carbons (Fsp3) is 0.357. The number of likely N-dealkylation sites (tertiary alicyclic amines) is 1. The summed E-state index contributed by atoms with van der Waals surface area (Å²) in [6.07, 6.45) is -3.68. The van der Waals surface area contributed by atoms with Gasteiger partial charge >= 0.3 is 6.36 Å². The van der Waals surface area contributed by atoms with Crippen LogP contribution in [0.1, 0.15) is 18.9 Å². The van der Waals surface area contributed by atoms with Gasteiger partial charge in [-0.2, -0.15) is 0 Å². The highest BCUT2D eigenvalue weighted by molar-refractivity contribution is 7.91. The summed E-state index contributed by atoms with van der Waals surface area (Å²) in [4.78, 5) is 2.50. The van der Waals surface area contributed by atoms with E-state index >= 15 is 0 Å². The van der Waals surface area contributed by atoms with Gasteiger partial charge in [0.2, 0.25) is 0 Å². The number of aliphatic hydroxyl groups excluding tert-OH is 1. The number of aromatic nitrogens is 1. The Morgan fingerprint density at radius 2 is 1.73 bits per heavy atom. The van der Waals surface area contributed by atoms with Crippen molar-refractivity contribution in [2.45, 2.75) is 48.3 Å². The molecule has 0 radical (unpaired) electrons. The number of ether oxygens (including phenoxy) is 1. The van der Waals surface area contributed by atoms with Gasteiger partial charge in [-0.15, -0.1) is 13.2 Å². The molecule has 1 aliphatic heterocycles. The average Bonchev–Trinajstić information content (AvgIpc) is 3.72. The van der Waals surface area contributed by atoms with Crippen molar-refractivity contribution in [2.24, 2.45) is 4.36 Å². The molecule has 1 aromatic heterocycles. The number of benzene rings is 3. The largest absolute Gasteiger partial charge is 0.573 e. The Morgan fingerprint density at radius 3 is 2.40 bits per heavy atom. The monoisotopic (exact) mass is 592 g/mol. The second-order valence-corrected chi connectivity index (χ2v) is 12.8. The van der Waals surface area contributed by atoms with Gasteiger partial charge in [0.15, 0.2) is 0 Å². The third-order valence-electron chi connectivity index (χ3n) is 7.67. The van der Waals surface area contributed by atoms with Crippen LogP contribution in [0, 0.1) is 0 Å². The molecule has 6 rings (SSSR count). The Morgan fingerprint density at radius 1 is 1.02 bits per heavy atom. The van der Waals surface area contributed by atoms with Crippen molar-refractivity contribution in [3.05, 3.63) is 71.8 Å². The maximum Gasteiger partial charge on any atom is 0.573 e. The number of aliphatic hydroxyl groups is 1. The number of rotatable bonds is 6. The highest BCUT2D eigenvalue weighted by atomic mass is 35.5. The first-order valence-corrected chi connectivity index (χ1v) is 14.8. The SMILES string of the molecule is CN=S(=O)(NC1CN(C2CC2)CC(n2c3ccccc3c3cc(Cl)ccc32)C1O)c1ccc(OC(F)(F)F)cc1. The van der Waals surface area contributed by atoms with Crippen LogP contribution in [0.3, 0.4) is 0 Å². The van der Waals surface area contributed by atoms with E-state index in [-0.39, 0.29) is 10.9 Å². The van der Waals surface area contributed by atoms with Crippen molar-refractivity contribution in [2.75, 3.05) is 20.1 Å². The Hall–Kier alpha value is -2.83. The predicted octanol–water partition coefficient (Wildman–Crippen LogP) is 5.76. The van der Waals surface area contributed by atoms with E-state index in [1.807, 2.05) is 42.5 Å². The molecule has 0 amide bonds. The van der Waals surface area contributed by atoms with Gasteiger partial charge in [-0.1, -0.05) is 29.8 Å². The van der Waals surface area contributed by atoms with E-state index in [4.69, 9.17) is 11.6 Å². The van der Waals surface area contributed by atoms with Crippen LogP contribution in [0.25, 0.3) is 21.8 Å². The molecule has 40 heavy (non-hydrogen) atoms. The molecule has 1 saturated heterocycles. The zero-order chi connectivity index (χ0) is 28.2. The molecule has 2 aliphatic rings. The Labute approximate surface area is 234 Å². The first-order valence-electron chi connectivity index (χ1n) is 12.9. The van der Waals surface area contributed by atoms with Gasteiger partial charge in [-0.3, -0.25) is 4.90 Å². The van der Waals surface area contributed by atoms with E-state index in [0.29, 0.717) is 24.2 Å². The van der Waals surface area contributed by atoms with Crippen LogP contribution in [0.5, 0.6) is 5.75 Å². The molecule has 2 fully saturated rings. The van der Waals surface area contributed by atoms with Crippen LogP contribution in [0.15, 0.2) is 76.0 Å². The Balaban J connectivity index is 1.37. The molecule has 212 valence electrons. The van der Waals surface area contributed by atoms with Crippen LogP contribution in [-0.2, 0) is 9.92 Å². The number of hydrogen-bond donors (Lipinski definition) is 2. The summed E-state index contributed by atoms with van der Waals surface area (Å²) in [5, 5.41) is 14.4. The summed E-state index contributed by atoms with van der Waals surface area (Å²) in [7, 11) is -1.90. The zero-order valence-electron chi connectivity index (χ0n) is 21.5. The first-order chi connectivity index (χ1) is 19.1. The molecule has 0 bridgehead atoms. The maximum absolute atomic E-state index is 14.0. The topological polar surface area (TPSA) is 79.1 Å². The number of nitrogens with one attached hydrogen (secondary N) is 1. The van der Waals surface area contributed by atoms with Crippen molar-refractivity contribution in [1.29, 1.82) is 0 Å². The van der Waals surface area contributed by atoms with Gasteiger partial charge in [-0.25, -0.2) is 13.3 Å². The third kappa shape index (κ3) is 5.16. The number of fused-ring (bicyclic) bond motifs is 3. The molecule has 4 unspecified atom stereocenters. The molecule has 2 N–H and O–H groups in total. The minimum absolute atomic E-state index is 0.198. The fourth-order valence-corrected chi connectivity index (χ4v) is 7.47. The zero-order valence-corrected chi connectivity index (χ0v) is 23.1. The number of halogens is 4. The fourth-order valence-electron chi connectivity index (χ4n) is 5.72. The summed E-state index contributed by atoms with van der Waals surface area (Å²) >= 11 is 6.34. The molecule has 1 saturated carbocycles. The first kappa shape index (κ1) is 27.3. The van der Waals surface area contributed by atoms with Crippen molar-refractivity contribution in [3.63, 3.8) is 0 Å². The Kier molecular flexibility index (Phi) is 6.99. The molecular weight excluding hydrogens is 565 g/mol. The van der Waals surface area contributed by atoms with Crippen molar-refractivity contribution < 1.29 is 27.2 Å². The highest BCUT2D eigenvalue weighted by Gasteiger charge is 2.43. The second-order valence-electron chi connectivity index (χ2n) is 10.2. The quantitative estimate of drug-likeness (QED) is 0.299. The number of para-hydroxylation sites is 1. The number of hydrogen-bond acceptors (Lipinski definition) is 5. The lowest BCUT2D eigenvalue weighted by Gasteiger charge is -2.43. The van der Waals surface area contributed by atoms with Crippen LogP contribution < -0.4 is 9.46 Å². The summed E-state index contributed by atoms with van der Waals surface area (Å²) in [5.41, 5.74) is 1.90. The molecule has 3 aromatic carbocycles. The summed E-state index contributed by atoms with van der Waals surface area (Å²) in [6, 6.07) is 17.9. The average molecular weight is 593 g/mol. The number of alkyl halides is 3. The van der Waals surface area contributed by atoms with E-state index in [1.54, 1.807) is 0 Å². The van der Waals surface area contributed by atoms with Gasteiger partial charge in [0.1, 0.15) is 15.7 Å². The lowest BCUT2D eigenvalue weighted by atomic mass is 9.97. The highest BCUT2D eigenvalue weighted by Crippen LogP contribution is 2.39. The summed E-state index contributed by atoms with van der Waals surface area (Å²) in [5.74, 6) is -0.418. The predicted molar refractivity (Wildman–Crippen MR) is 149 cm³/mol. The van der Waals surface area contributed by atoms with Crippen LogP contribution >= 0.6 is 11.6 Å². The second kappa shape index (κ2) is 10.2. The van der Waals surface area contributed by atoms with Crippen molar-refractivity contribution >= 4 is 43.3 Å². The molecular formula is C28H28ClF3N4O3S. The van der Waals surface area contributed by atoms with E-state index in [2.05, 4.69) is 23.3 Å². The smallest absolute Gasteiger partial charge is 0.406 e. The molecule has 4 atom stereocenters. The molecule has 1 aliphatic carbocycles. The van der Waals surface area contributed by atoms with Gasteiger partial charge < -0.3 is 14.4 Å². The lowest BCUT2D eigenvalue weighted by molar-refractivity contribution is -0.274. The van der Waals surface area contributed by atoms with Gasteiger partial charge in [0, 0.05) is 53.0 Å². The summed E-state index contributed by atoms with van der Waals surface area (Å²) in [6.45, 7) is 1.06. The van der Waals surface area contributed by atoms with E-state index in [1.165, 1.54) is 19.2 Å². The van der Waals surface area contributed by atoms with E-state index in [9.17, 15) is 22.5 Å². The minimum atomic E-state index is -4.83. The molecule has 12 heteroatoms.